The van der Waals surface area contributed by atoms with Crippen LogP contribution in [0.15, 0.2) is 82.3 Å². The van der Waals surface area contributed by atoms with Crippen molar-refractivity contribution in [1.29, 1.82) is 0 Å². The van der Waals surface area contributed by atoms with Crippen molar-refractivity contribution in [2.24, 2.45) is 10.2 Å². The zero-order valence-corrected chi connectivity index (χ0v) is 17.1. The summed E-state index contributed by atoms with van der Waals surface area (Å²) >= 11 is 5.25. The minimum atomic E-state index is -0.251. The number of aromatic amines is 2. The molecular formula is C21H19N7OS. The van der Waals surface area contributed by atoms with Crippen molar-refractivity contribution in [1.82, 2.24) is 24.5 Å². The smallest absolute Gasteiger partial charge is 0.296 e. The van der Waals surface area contributed by atoms with Crippen molar-refractivity contribution < 1.29 is 0 Å². The summed E-state index contributed by atoms with van der Waals surface area (Å²) in [4.78, 5) is 12.7. The van der Waals surface area contributed by atoms with Crippen LogP contribution in [-0.2, 0) is 6.54 Å². The van der Waals surface area contributed by atoms with E-state index in [1.807, 2.05) is 59.2 Å². The standard InChI is InChI=1S/C21H19N7OS/c1-3-13-27-19(24-25-21(27)30)15-9-11-16(12-10-15)22-23-18-14(2)26-28(20(18)29)17-7-5-4-6-8-17/h3-12,26H,1,13H2,2H3,(H,25,30). The molecule has 0 spiro atoms. The van der Waals surface area contributed by atoms with Crippen LogP contribution in [0.5, 0.6) is 0 Å². The molecule has 8 nitrogen and oxygen atoms in total. The third-order valence-corrected chi connectivity index (χ3v) is 4.83. The fourth-order valence-electron chi connectivity index (χ4n) is 3.04. The minimum Gasteiger partial charge on any atom is -0.296 e. The zero-order chi connectivity index (χ0) is 21.1. The molecule has 0 unspecified atom stereocenters. The molecule has 4 rings (SSSR count). The maximum absolute atomic E-state index is 12.7. The highest BCUT2D eigenvalue weighted by molar-refractivity contribution is 7.71. The van der Waals surface area contributed by atoms with E-state index in [0.29, 0.717) is 22.7 Å². The molecule has 0 aliphatic rings. The van der Waals surface area contributed by atoms with Gasteiger partial charge in [0.15, 0.2) is 16.3 Å². The van der Waals surface area contributed by atoms with E-state index in [1.54, 1.807) is 13.0 Å². The van der Waals surface area contributed by atoms with Crippen molar-refractivity contribution in [2.45, 2.75) is 13.5 Å². The molecule has 2 aromatic carbocycles. The van der Waals surface area contributed by atoms with Gasteiger partial charge in [-0.05, 0) is 55.5 Å². The number of aromatic nitrogens is 5. The van der Waals surface area contributed by atoms with Gasteiger partial charge in [0.05, 0.1) is 17.1 Å². The van der Waals surface area contributed by atoms with E-state index in [4.69, 9.17) is 12.2 Å². The summed E-state index contributed by atoms with van der Waals surface area (Å²) in [5.41, 5.74) is 2.91. The van der Waals surface area contributed by atoms with Gasteiger partial charge in [-0.2, -0.15) is 10.2 Å². The second-order valence-electron chi connectivity index (χ2n) is 6.56. The van der Waals surface area contributed by atoms with Crippen molar-refractivity contribution in [3.8, 4) is 17.1 Å². The molecule has 0 saturated heterocycles. The van der Waals surface area contributed by atoms with Gasteiger partial charge < -0.3 is 0 Å². The number of allylic oxidation sites excluding steroid dienone is 1. The molecule has 0 aliphatic carbocycles. The van der Waals surface area contributed by atoms with Gasteiger partial charge in [-0.3, -0.25) is 19.6 Å². The van der Waals surface area contributed by atoms with Gasteiger partial charge in [0, 0.05) is 12.1 Å². The molecule has 2 aromatic heterocycles. The van der Waals surface area contributed by atoms with Crippen molar-refractivity contribution >= 4 is 23.6 Å². The maximum atomic E-state index is 12.7. The van der Waals surface area contributed by atoms with Crippen LogP contribution in [0.2, 0.25) is 0 Å². The van der Waals surface area contributed by atoms with Gasteiger partial charge >= 0.3 is 0 Å². The molecule has 0 saturated carbocycles. The van der Waals surface area contributed by atoms with Gasteiger partial charge in [0.1, 0.15) is 0 Å². The summed E-state index contributed by atoms with van der Waals surface area (Å²) < 4.78 is 3.84. The molecule has 0 atom stereocenters. The van der Waals surface area contributed by atoms with Crippen molar-refractivity contribution in [3.05, 3.63) is 88.1 Å². The molecule has 0 fully saturated rings. The summed E-state index contributed by atoms with van der Waals surface area (Å²) in [6.45, 7) is 6.10. The fourth-order valence-corrected chi connectivity index (χ4v) is 3.24. The van der Waals surface area contributed by atoms with Crippen molar-refractivity contribution in [3.63, 3.8) is 0 Å². The first-order valence-corrected chi connectivity index (χ1v) is 9.64. The minimum absolute atomic E-state index is 0.251. The summed E-state index contributed by atoms with van der Waals surface area (Å²) in [6.07, 6.45) is 1.76. The van der Waals surface area contributed by atoms with Gasteiger partial charge in [-0.25, -0.2) is 4.68 Å². The number of benzene rings is 2. The number of aryl methyl sites for hydroxylation is 1. The second kappa shape index (κ2) is 8.26. The van der Waals surface area contributed by atoms with Crippen LogP contribution < -0.4 is 5.56 Å². The van der Waals surface area contributed by atoms with E-state index in [0.717, 1.165) is 17.1 Å². The number of nitrogens with zero attached hydrogens (tertiary/aromatic N) is 5. The molecule has 2 N–H and O–H groups in total. The second-order valence-corrected chi connectivity index (χ2v) is 6.95. The summed E-state index contributed by atoms with van der Waals surface area (Å²) in [5, 5.41) is 18.5. The molecule has 0 radical (unpaired) electrons. The molecule has 4 aromatic rings. The lowest BCUT2D eigenvalue weighted by Crippen LogP contribution is -2.13. The molecule has 9 heteroatoms. The topological polar surface area (TPSA) is 96.1 Å². The fraction of sp³-hybridized carbons (Fsp3) is 0.0952. The van der Waals surface area contributed by atoms with Crippen LogP contribution in [0.4, 0.5) is 11.4 Å². The zero-order valence-electron chi connectivity index (χ0n) is 16.2. The predicted octanol–water partition coefficient (Wildman–Crippen LogP) is 5.00. The monoisotopic (exact) mass is 417 g/mol. The molecule has 30 heavy (non-hydrogen) atoms. The van der Waals surface area contributed by atoms with E-state index in [1.165, 1.54) is 4.68 Å². The first-order valence-electron chi connectivity index (χ1n) is 9.24. The van der Waals surface area contributed by atoms with Crippen LogP contribution in [0.1, 0.15) is 5.69 Å². The quantitative estimate of drug-likeness (QED) is 0.263. The molecule has 0 bridgehead atoms. The van der Waals surface area contributed by atoms with E-state index in [-0.39, 0.29) is 11.2 Å². The Hall–Kier alpha value is -3.85. The Kier molecular flexibility index (Phi) is 5.36. The Bertz CT molecular complexity index is 1320. The molecule has 0 aliphatic heterocycles. The normalized spacial score (nSPS) is 11.2. The summed E-state index contributed by atoms with van der Waals surface area (Å²) in [7, 11) is 0. The third kappa shape index (κ3) is 3.70. The predicted molar refractivity (Wildman–Crippen MR) is 118 cm³/mol. The molecule has 2 heterocycles. The number of hydrogen-bond acceptors (Lipinski definition) is 5. The van der Waals surface area contributed by atoms with Gasteiger partial charge in [0.2, 0.25) is 0 Å². The van der Waals surface area contributed by atoms with Crippen LogP contribution in [-0.4, -0.2) is 24.5 Å². The van der Waals surface area contributed by atoms with Crippen molar-refractivity contribution in [2.75, 3.05) is 0 Å². The summed E-state index contributed by atoms with van der Waals surface area (Å²) in [5.74, 6) is 0.718. The SMILES string of the molecule is C=CCn1c(-c2ccc(N=Nc3c(C)[nH]n(-c4ccccc4)c3=O)cc2)n[nH]c1=S. The highest BCUT2D eigenvalue weighted by Crippen LogP contribution is 2.23. The Morgan fingerprint density at radius 2 is 1.87 bits per heavy atom. The lowest BCUT2D eigenvalue weighted by atomic mass is 10.2. The van der Waals surface area contributed by atoms with E-state index >= 15 is 0 Å². The van der Waals surface area contributed by atoms with E-state index in [2.05, 4.69) is 32.1 Å². The number of azo groups is 1. The largest absolute Gasteiger partial charge is 0.299 e. The number of nitrogens with one attached hydrogen (secondary N) is 2. The Balaban J connectivity index is 1.60. The molecule has 150 valence electrons. The van der Waals surface area contributed by atoms with Gasteiger partial charge in [0.25, 0.3) is 5.56 Å². The maximum Gasteiger partial charge on any atom is 0.299 e. The van der Waals surface area contributed by atoms with Crippen LogP contribution in [0, 0.1) is 11.7 Å². The van der Waals surface area contributed by atoms with Crippen LogP contribution >= 0.6 is 12.2 Å². The highest BCUT2D eigenvalue weighted by atomic mass is 32.1. The summed E-state index contributed by atoms with van der Waals surface area (Å²) in [6, 6.07) is 16.7. The van der Waals surface area contributed by atoms with E-state index in [9.17, 15) is 4.79 Å². The van der Waals surface area contributed by atoms with Crippen LogP contribution in [0.25, 0.3) is 17.1 Å². The number of hydrogen-bond donors (Lipinski definition) is 2. The Morgan fingerprint density at radius 3 is 2.57 bits per heavy atom. The van der Waals surface area contributed by atoms with Gasteiger partial charge in [-0.1, -0.05) is 24.3 Å². The number of para-hydroxylation sites is 1. The first kappa shape index (κ1) is 19.5. The van der Waals surface area contributed by atoms with E-state index < -0.39 is 0 Å². The molecule has 0 amide bonds. The number of H-pyrrole nitrogens is 2. The average molecular weight is 417 g/mol. The Labute approximate surface area is 177 Å². The Morgan fingerprint density at radius 1 is 1.13 bits per heavy atom. The first-order chi connectivity index (χ1) is 14.6. The lowest BCUT2D eigenvalue weighted by molar-refractivity contribution is 0.814. The van der Waals surface area contributed by atoms with Gasteiger partial charge in [-0.15, -0.1) is 11.7 Å². The molecular weight excluding hydrogens is 398 g/mol. The lowest BCUT2D eigenvalue weighted by Gasteiger charge is -2.03. The third-order valence-electron chi connectivity index (χ3n) is 4.52. The number of rotatable bonds is 6. The highest BCUT2D eigenvalue weighted by Gasteiger charge is 2.12. The van der Waals surface area contributed by atoms with Crippen LogP contribution in [0.3, 0.4) is 0 Å². The average Bonchev–Trinajstić information content (AvgIpc) is 3.27.